The number of hydrogen-bond acceptors (Lipinski definition) is 4. The van der Waals surface area contributed by atoms with Crippen molar-refractivity contribution >= 4 is 5.91 Å². The van der Waals surface area contributed by atoms with Gasteiger partial charge in [-0.3, -0.25) is 4.79 Å². The summed E-state index contributed by atoms with van der Waals surface area (Å²) < 4.78 is 10.8. The summed E-state index contributed by atoms with van der Waals surface area (Å²) in [4.78, 5) is 12.0. The van der Waals surface area contributed by atoms with E-state index in [2.05, 4.69) is 10.6 Å². The highest BCUT2D eigenvalue weighted by Crippen LogP contribution is 2.08. The van der Waals surface area contributed by atoms with Gasteiger partial charge in [-0.2, -0.15) is 0 Å². The fourth-order valence-corrected chi connectivity index (χ4v) is 2.17. The molecule has 0 aromatic rings. The molecule has 2 heterocycles. The lowest BCUT2D eigenvalue weighted by molar-refractivity contribution is -0.130. The number of ether oxygens (including phenoxy) is 2. The summed E-state index contributed by atoms with van der Waals surface area (Å²) in [5, 5.41) is 6.19. The number of rotatable bonds is 2. The molecular weight excluding hydrogens is 208 g/mol. The average Bonchev–Trinajstić information content (AvgIpc) is 2.31. The van der Waals surface area contributed by atoms with Crippen LogP contribution in [0.15, 0.2) is 0 Å². The molecule has 1 unspecified atom stereocenters. The van der Waals surface area contributed by atoms with Gasteiger partial charge in [0.2, 0.25) is 5.91 Å². The first kappa shape index (κ1) is 11.8. The minimum atomic E-state index is -0.226. The molecule has 0 radical (unpaired) electrons. The second kappa shape index (κ2) is 5.61. The van der Waals surface area contributed by atoms with Crippen LogP contribution in [0.5, 0.6) is 0 Å². The van der Waals surface area contributed by atoms with Crippen LogP contribution in [0.2, 0.25) is 0 Å². The highest BCUT2D eigenvalue weighted by Gasteiger charge is 2.29. The number of nitrogens with one attached hydrogen (secondary N) is 2. The first-order chi connectivity index (χ1) is 7.77. The first-order valence-electron chi connectivity index (χ1n) is 6.00. The number of amides is 1. The Balaban J connectivity index is 1.81. The maximum Gasteiger partial charge on any atom is 0.240 e. The van der Waals surface area contributed by atoms with Crippen LogP contribution >= 0.6 is 0 Å². The molecule has 0 aliphatic carbocycles. The number of hydrogen-bond donors (Lipinski definition) is 2. The molecule has 0 aromatic carbocycles. The molecule has 0 aromatic heterocycles. The third-order valence-corrected chi connectivity index (χ3v) is 3.11. The highest BCUT2D eigenvalue weighted by atomic mass is 16.5. The summed E-state index contributed by atoms with van der Waals surface area (Å²) in [6.07, 6.45) is 1.97. The molecular formula is C11H20N2O3. The highest BCUT2D eigenvalue weighted by molar-refractivity contribution is 5.82. The molecule has 2 fully saturated rings. The Morgan fingerprint density at radius 1 is 1.44 bits per heavy atom. The average molecular weight is 228 g/mol. The van der Waals surface area contributed by atoms with Crippen molar-refractivity contribution in [2.24, 2.45) is 0 Å². The van der Waals surface area contributed by atoms with E-state index in [1.807, 2.05) is 6.92 Å². The van der Waals surface area contributed by atoms with Crippen LogP contribution < -0.4 is 10.6 Å². The maximum absolute atomic E-state index is 12.0. The lowest BCUT2D eigenvalue weighted by Gasteiger charge is -2.31. The van der Waals surface area contributed by atoms with E-state index in [0.717, 1.165) is 26.0 Å². The monoisotopic (exact) mass is 228 g/mol. The molecule has 16 heavy (non-hydrogen) atoms. The van der Waals surface area contributed by atoms with Crippen molar-refractivity contribution in [3.63, 3.8) is 0 Å². The minimum Gasteiger partial charge on any atom is -0.379 e. The molecule has 92 valence electrons. The standard InChI is InChI=1S/C11H20N2O3/c1-8-10(12-4-6-16-8)11(14)13-9-3-2-5-15-7-9/h8-10,12H,2-7H2,1H3,(H,13,14)/t8-,9?,10+/m1/s1. The third-order valence-electron chi connectivity index (χ3n) is 3.11. The Morgan fingerprint density at radius 2 is 2.31 bits per heavy atom. The van der Waals surface area contributed by atoms with Crippen LogP contribution in [0.1, 0.15) is 19.8 Å². The Bertz CT molecular complexity index is 241. The molecule has 0 bridgehead atoms. The van der Waals surface area contributed by atoms with E-state index in [-0.39, 0.29) is 24.1 Å². The predicted molar refractivity (Wildman–Crippen MR) is 59.2 cm³/mol. The Hall–Kier alpha value is -0.650. The van der Waals surface area contributed by atoms with E-state index in [1.54, 1.807) is 0 Å². The van der Waals surface area contributed by atoms with Gasteiger partial charge in [0, 0.05) is 13.2 Å². The SMILES string of the molecule is C[C@H]1OCCN[C@@H]1C(=O)NC1CCCOC1. The van der Waals surface area contributed by atoms with Crippen LogP contribution in [-0.2, 0) is 14.3 Å². The summed E-state index contributed by atoms with van der Waals surface area (Å²) in [7, 11) is 0. The van der Waals surface area contributed by atoms with Gasteiger partial charge in [-0.05, 0) is 19.8 Å². The van der Waals surface area contributed by atoms with Crippen LogP contribution in [0.25, 0.3) is 0 Å². The zero-order valence-corrected chi connectivity index (χ0v) is 9.70. The summed E-state index contributed by atoms with van der Waals surface area (Å²) in [5.41, 5.74) is 0. The first-order valence-corrected chi connectivity index (χ1v) is 6.00. The normalized spacial score (nSPS) is 35.7. The topological polar surface area (TPSA) is 59.6 Å². The van der Waals surface area contributed by atoms with Crippen LogP contribution in [0, 0.1) is 0 Å². The quantitative estimate of drug-likeness (QED) is 0.679. The maximum atomic E-state index is 12.0. The molecule has 3 atom stereocenters. The lowest BCUT2D eigenvalue weighted by Crippen LogP contribution is -2.57. The molecule has 0 saturated carbocycles. The molecule has 2 rings (SSSR count). The minimum absolute atomic E-state index is 0.0303. The van der Waals surface area contributed by atoms with Crippen molar-refractivity contribution in [1.82, 2.24) is 10.6 Å². The Kier molecular flexibility index (Phi) is 4.15. The van der Waals surface area contributed by atoms with Gasteiger partial charge in [0.25, 0.3) is 0 Å². The van der Waals surface area contributed by atoms with Gasteiger partial charge in [-0.15, -0.1) is 0 Å². The van der Waals surface area contributed by atoms with Crippen molar-refractivity contribution in [2.75, 3.05) is 26.4 Å². The van der Waals surface area contributed by atoms with Crippen molar-refractivity contribution in [2.45, 2.75) is 38.0 Å². The van der Waals surface area contributed by atoms with E-state index >= 15 is 0 Å². The lowest BCUT2D eigenvalue weighted by atomic mass is 10.1. The largest absolute Gasteiger partial charge is 0.379 e. The van der Waals surface area contributed by atoms with E-state index < -0.39 is 0 Å². The van der Waals surface area contributed by atoms with Crippen LogP contribution in [0.3, 0.4) is 0 Å². The van der Waals surface area contributed by atoms with E-state index in [0.29, 0.717) is 13.2 Å². The number of carbonyl (C=O) groups excluding carboxylic acids is 1. The third kappa shape index (κ3) is 2.93. The van der Waals surface area contributed by atoms with Crippen LogP contribution in [-0.4, -0.2) is 50.5 Å². The van der Waals surface area contributed by atoms with Crippen molar-refractivity contribution in [3.8, 4) is 0 Å². The van der Waals surface area contributed by atoms with Crippen molar-refractivity contribution < 1.29 is 14.3 Å². The van der Waals surface area contributed by atoms with Crippen molar-refractivity contribution in [3.05, 3.63) is 0 Å². The summed E-state index contributed by atoms with van der Waals surface area (Å²) in [6.45, 7) is 4.79. The van der Waals surface area contributed by atoms with Gasteiger partial charge in [-0.25, -0.2) is 0 Å². The summed E-state index contributed by atoms with van der Waals surface area (Å²) >= 11 is 0. The van der Waals surface area contributed by atoms with E-state index in [9.17, 15) is 4.79 Å². The smallest absolute Gasteiger partial charge is 0.240 e. The van der Waals surface area contributed by atoms with Crippen molar-refractivity contribution in [1.29, 1.82) is 0 Å². The molecule has 2 aliphatic heterocycles. The molecule has 5 nitrogen and oxygen atoms in total. The fraction of sp³-hybridized carbons (Fsp3) is 0.909. The predicted octanol–water partition coefficient (Wildman–Crippen LogP) is -0.341. The molecule has 2 aliphatic rings. The molecule has 0 spiro atoms. The molecule has 1 amide bonds. The van der Waals surface area contributed by atoms with Gasteiger partial charge < -0.3 is 20.1 Å². The second-order valence-electron chi connectivity index (χ2n) is 4.43. The van der Waals surface area contributed by atoms with Gasteiger partial charge in [0.15, 0.2) is 0 Å². The Labute approximate surface area is 95.9 Å². The second-order valence-corrected chi connectivity index (χ2v) is 4.43. The van der Waals surface area contributed by atoms with E-state index in [4.69, 9.17) is 9.47 Å². The summed E-state index contributed by atoms with van der Waals surface area (Å²) in [6, 6.07) is -0.0622. The van der Waals surface area contributed by atoms with Gasteiger partial charge >= 0.3 is 0 Å². The zero-order valence-electron chi connectivity index (χ0n) is 9.70. The van der Waals surface area contributed by atoms with Gasteiger partial charge in [0.05, 0.1) is 25.4 Å². The molecule has 5 heteroatoms. The van der Waals surface area contributed by atoms with Gasteiger partial charge in [-0.1, -0.05) is 0 Å². The van der Waals surface area contributed by atoms with Gasteiger partial charge in [0.1, 0.15) is 6.04 Å². The summed E-state index contributed by atoms with van der Waals surface area (Å²) in [5.74, 6) is 0.0303. The molecule has 2 N–H and O–H groups in total. The zero-order chi connectivity index (χ0) is 11.4. The Morgan fingerprint density at radius 3 is 3.00 bits per heavy atom. The number of carbonyl (C=O) groups is 1. The van der Waals surface area contributed by atoms with E-state index in [1.165, 1.54) is 0 Å². The van der Waals surface area contributed by atoms with Crippen LogP contribution in [0.4, 0.5) is 0 Å². The fourth-order valence-electron chi connectivity index (χ4n) is 2.17. The number of morpholine rings is 1. The molecule has 2 saturated heterocycles.